The third-order valence-electron chi connectivity index (χ3n) is 2.25. The van der Waals surface area contributed by atoms with E-state index in [0.29, 0.717) is 18.0 Å². The van der Waals surface area contributed by atoms with Crippen LogP contribution < -0.4 is 10.1 Å². The molecule has 5 nitrogen and oxygen atoms in total. The lowest BCUT2D eigenvalue weighted by Crippen LogP contribution is -2.26. The number of benzene rings is 1. The van der Waals surface area contributed by atoms with Crippen molar-refractivity contribution in [3.8, 4) is 5.75 Å². The Bertz CT molecular complexity index is 462. The number of alkyl halides is 2. The Morgan fingerprint density at radius 3 is 2.35 bits per heavy atom. The van der Waals surface area contributed by atoms with Crippen LogP contribution in [0.3, 0.4) is 0 Å². The molecule has 1 atom stereocenters. The second-order valence-corrected chi connectivity index (χ2v) is 4.92. The fourth-order valence-electron chi connectivity index (χ4n) is 1.33. The Morgan fingerprint density at radius 2 is 1.85 bits per heavy atom. The van der Waals surface area contributed by atoms with E-state index in [1.54, 1.807) is 38.1 Å². The largest absolute Gasteiger partial charge is 0.479 e. The molecule has 0 aliphatic carbocycles. The van der Waals surface area contributed by atoms with Crippen LogP contribution in [-0.2, 0) is 14.3 Å². The fraction of sp³-hybridized carbons (Fsp3) is 0.385. The molecule has 1 N–H and O–H groups in total. The molecule has 1 amide bonds. The molecule has 0 aromatic heterocycles. The first-order chi connectivity index (χ1) is 9.43. The van der Waals surface area contributed by atoms with Crippen molar-refractivity contribution < 1.29 is 19.1 Å². The minimum Gasteiger partial charge on any atom is -0.479 e. The monoisotopic (exact) mass is 319 g/mol. The minimum atomic E-state index is -1.13. The maximum absolute atomic E-state index is 11.4. The van der Waals surface area contributed by atoms with Crippen molar-refractivity contribution in [3.63, 3.8) is 0 Å². The summed E-state index contributed by atoms with van der Waals surface area (Å²) in [5.74, 6) is -0.462. The molecule has 110 valence electrons. The summed E-state index contributed by atoms with van der Waals surface area (Å²) in [5, 5.41) is 2.51. The van der Waals surface area contributed by atoms with Crippen LogP contribution in [0, 0.1) is 0 Å². The third-order valence-corrected chi connectivity index (χ3v) is 2.65. The van der Waals surface area contributed by atoms with Crippen molar-refractivity contribution in [1.82, 2.24) is 0 Å². The van der Waals surface area contributed by atoms with E-state index in [4.69, 9.17) is 32.7 Å². The summed E-state index contributed by atoms with van der Waals surface area (Å²) in [6, 6.07) is 6.45. The molecule has 0 aliphatic heterocycles. The quantitative estimate of drug-likeness (QED) is 0.646. The van der Waals surface area contributed by atoms with Crippen LogP contribution in [0.5, 0.6) is 5.75 Å². The van der Waals surface area contributed by atoms with E-state index in [2.05, 4.69) is 5.32 Å². The summed E-state index contributed by atoms with van der Waals surface area (Å²) in [6.45, 7) is 3.62. The number of hydrogen-bond donors (Lipinski definition) is 1. The van der Waals surface area contributed by atoms with Crippen molar-refractivity contribution in [2.24, 2.45) is 0 Å². The maximum atomic E-state index is 11.4. The maximum Gasteiger partial charge on any atom is 0.347 e. The average molecular weight is 320 g/mol. The molecular weight excluding hydrogens is 305 g/mol. The number of amides is 1. The zero-order valence-corrected chi connectivity index (χ0v) is 12.6. The zero-order chi connectivity index (χ0) is 15.1. The number of nitrogens with one attached hydrogen (secondary N) is 1. The summed E-state index contributed by atoms with van der Waals surface area (Å²) in [4.78, 5) is 21.5. The van der Waals surface area contributed by atoms with Gasteiger partial charge in [-0.2, -0.15) is 0 Å². The second-order valence-electron chi connectivity index (χ2n) is 3.83. The third kappa shape index (κ3) is 5.27. The molecule has 0 aliphatic rings. The van der Waals surface area contributed by atoms with Crippen molar-refractivity contribution in [3.05, 3.63) is 24.3 Å². The highest BCUT2D eigenvalue weighted by Crippen LogP contribution is 2.18. The Labute approximate surface area is 127 Å². The topological polar surface area (TPSA) is 64.6 Å². The number of ether oxygens (including phenoxy) is 2. The first-order valence-corrected chi connectivity index (χ1v) is 6.83. The number of rotatable bonds is 6. The van der Waals surface area contributed by atoms with Crippen LogP contribution in [0.15, 0.2) is 24.3 Å². The van der Waals surface area contributed by atoms with E-state index in [1.165, 1.54) is 0 Å². The van der Waals surface area contributed by atoms with E-state index in [1.807, 2.05) is 0 Å². The van der Waals surface area contributed by atoms with Gasteiger partial charge < -0.3 is 14.8 Å². The standard InChI is InChI=1S/C13H15Cl2NO4/c1-3-19-13(18)8(2)20-10-6-4-9(5-7-10)16-12(17)11(14)15/h4-8,11H,3H2,1-2H3,(H,16,17)/t8-/m0/s1. The van der Waals surface area contributed by atoms with Gasteiger partial charge in [0.2, 0.25) is 0 Å². The van der Waals surface area contributed by atoms with Crippen molar-refractivity contribution in [2.45, 2.75) is 24.8 Å². The average Bonchev–Trinajstić information content (AvgIpc) is 2.41. The fourth-order valence-corrected chi connectivity index (χ4v) is 1.43. The molecule has 0 fully saturated rings. The number of carbonyl (C=O) groups is 2. The van der Waals surface area contributed by atoms with Crippen LogP contribution in [0.1, 0.15) is 13.8 Å². The smallest absolute Gasteiger partial charge is 0.347 e. The van der Waals surface area contributed by atoms with Crippen LogP contribution in [0.25, 0.3) is 0 Å². The molecule has 0 radical (unpaired) electrons. The van der Waals surface area contributed by atoms with E-state index in [0.717, 1.165) is 0 Å². The van der Waals surface area contributed by atoms with Gasteiger partial charge in [-0.1, -0.05) is 23.2 Å². The van der Waals surface area contributed by atoms with Gasteiger partial charge in [0.1, 0.15) is 5.75 Å². The molecule has 0 saturated carbocycles. The van der Waals surface area contributed by atoms with Crippen LogP contribution in [0.2, 0.25) is 0 Å². The van der Waals surface area contributed by atoms with Crippen LogP contribution >= 0.6 is 23.2 Å². The van der Waals surface area contributed by atoms with E-state index in [-0.39, 0.29) is 0 Å². The predicted octanol–water partition coefficient (Wildman–Crippen LogP) is 2.76. The summed E-state index contributed by atoms with van der Waals surface area (Å²) >= 11 is 10.8. The van der Waals surface area contributed by atoms with Gasteiger partial charge in [-0.15, -0.1) is 0 Å². The summed E-state index contributed by atoms with van der Waals surface area (Å²) in [6.07, 6.45) is -0.703. The second kappa shape index (κ2) is 7.97. The van der Waals surface area contributed by atoms with Crippen molar-refractivity contribution in [2.75, 3.05) is 11.9 Å². The number of anilines is 1. The van der Waals surface area contributed by atoms with Gasteiger partial charge in [0.15, 0.2) is 10.9 Å². The van der Waals surface area contributed by atoms with Gasteiger partial charge in [0.25, 0.3) is 5.91 Å². The van der Waals surface area contributed by atoms with Gasteiger partial charge in [0, 0.05) is 5.69 Å². The molecule has 0 unspecified atom stereocenters. The molecule has 1 aromatic rings. The SMILES string of the molecule is CCOC(=O)[C@H](C)Oc1ccc(NC(=O)C(Cl)Cl)cc1. The number of hydrogen-bond acceptors (Lipinski definition) is 4. The van der Waals surface area contributed by atoms with E-state index < -0.39 is 22.8 Å². The number of carbonyl (C=O) groups excluding carboxylic acids is 2. The lowest BCUT2D eigenvalue weighted by molar-refractivity contribution is -0.150. The molecule has 1 rings (SSSR count). The Morgan fingerprint density at radius 1 is 1.25 bits per heavy atom. The molecule has 1 aromatic carbocycles. The molecule has 0 spiro atoms. The molecule has 0 bridgehead atoms. The predicted molar refractivity (Wildman–Crippen MR) is 77.3 cm³/mol. The zero-order valence-electron chi connectivity index (χ0n) is 11.1. The van der Waals surface area contributed by atoms with Gasteiger partial charge in [0.05, 0.1) is 6.61 Å². The minimum absolute atomic E-state index is 0.301. The van der Waals surface area contributed by atoms with Gasteiger partial charge in [-0.05, 0) is 38.1 Å². The summed E-state index contributed by atoms with van der Waals surface area (Å²) in [7, 11) is 0. The van der Waals surface area contributed by atoms with Crippen molar-refractivity contribution >= 4 is 40.8 Å². The van der Waals surface area contributed by atoms with Gasteiger partial charge in [-0.3, -0.25) is 4.79 Å². The Hall–Kier alpha value is -1.46. The Balaban J connectivity index is 2.58. The van der Waals surface area contributed by atoms with Gasteiger partial charge in [-0.25, -0.2) is 4.79 Å². The van der Waals surface area contributed by atoms with Crippen molar-refractivity contribution in [1.29, 1.82) is 0 Å². The van der Waals surface area contributed by atoms with Crippen LogP contribution in [0.4, 0.5) is 5.69 Å². The van der Waals surface area contributed by atoms with E-state index >= 15 is 0 Å². The first-order valence-electron chi connectivity index (χ1n) is 5.96. The highest BCUT2D eigenvalue weighted by molar-refractivity contribution is 6.54. The molecular formula is C13H15Cl2NO4. The highest BCUT2D eigenvalue weighted by Gasteiger charge is 2.16. The molecule has 20 heavy (non-hydrogen) atoms. The molecule has 7 heteroatoms. The lowest BCUT2D eigenvalue weighted by atomic mass is 10.3. The lowest BCUT2D eigenvalue weighted by Gasteiger charge is -2.13. The molecule has 0 heterocycles. The number of esters is 1. The normalized spacial score (nSPS) is 11.8. The van der Waals surface area contributed by atoms with Crippen LogP contribution in [-0.4, -0.2) is 29.4 Å². The first kappa shape index (κ1) is 16.6. The molecule has 0 saturated heterocycles. The Kier molecular flexibility index (Phi) is 6.61. The van der Waals surface area contributed by atoms with Gasteiger partial charge >= 0.3 is 5.97 Å². The summed E-state index contributed by atoms with van der Waals surface area (Å²) in [5.41, 5.74) is 0.525. The highest BCUT2D eigenvalue weighted by atomic mass is 35.5. The summed E-state index contributed by atoms with van der Waals surface area (Å²) < 4.78 is 10.2. The number of halogens is 2. The van der Waals surface area contributed by atoms with E-state index in [9.17, 15) is 9.59 Å².